The third-order valence-electron chi connectivity index (χ3n) is 5.53. The fourth-order valence-corrected chi connectivity index (χ4v) is 3.82. The van der Waals surface area contributed by atoms with Crippen LogP contribution in [-0.2, 0) is 4.79 Å². The first kappa shape index (κ1) is 20.8. The Morgan fingerprint density at radius 3 is 2.77 bits per heavy atom. The second kappa shape index (κ2) is 9.11. The number of nitrogens with one attached hydrogen (secondary N) is 1. The monoisotopic (exact) mass is 422 g/mol. The number of carbonyl (C=O) groups is 1. The Kier molecular flexibility index (Phi) is 6.11. The van der Waals surface area contributed by atoms with Crippen LogP contribution in [0.2, 0.25) is 0 Å². The number of benzene rings is 1. The van der Waals surface area contributed by atoms with Crippen molar-refractivity contribution in [3.63, 3.8) is 0 Å². The Balaban J connectivity index is 1.61. The second-order valence-corrected chi connectivity index (χ2v) is 7.56. The summed E-state index contributed by atoms with van der Waals surface area (Å²) in [4.78, 5) is 41.4. The number of hydrogen-bond acceptors (Lipinski definition) is 7. The molecule has 1 aliphatic heterocycles. The van der Waals surface area contributed by atoms with E-state index in [0.717, 1.165) is 25.9 Å². The molecule has 1 N–H and O–H groups in total. The van der Waals surface area contributed by atoms with E-state index in [-0.39, 0.29) is 11.5 Å². The number of anilines is 2. The van der Waals surface area contributed by atoms with Crippen LogP contribution in [0.1, 0.15) is 38.6 Å². The van der Waals surface area contributed by atoms with Crippen LogP contribution in [0.3, 0.4) is 0 Å². The number of piperidine rings is 1. The Labute approximate surface area is 180 Å². The predicted octanol–water partition coefficient (Wildman–Crippen LogP) is 2.78. The molecule has 0 saturated carbocycles. The first-order valence-corrected chi connectivity index (χ1v) is 10.5. The zero-order valence-electron chi connectivity index (χ0n) is 17.7. The molecule has 3 aromatic rings. The van der Waals surface area contributed by atoms with E-state index in [9.17, 15) is 9.59 Å². The first-order chi connectivity index (χ1) is 15.1. The van der Waals surface area contributed by atoms with Gasteiger partial charge in [-0.25, -0.2) is 9.97 Å². The molecule has 1 unspecified atom stereocenters. The zero-order chi connectivity index (χ0) is 21.8. The molecular weight excluding hydrogens is 396 g/mol. The summed E-state index contributed by atoms with van der Waals surface area (Å²) in [7, 11) is 1.56. The third-order valence-corrected chi connectivity index (χ3v) is 5.53. The SMILES string of the molecule is CCC(C(=O)Nc1cccc(OC)c1)n1cnc2nc(N3CCCCC3)ncc2c1=O. The number of hydrogen-bond donors (Lipinski definition) is 1. The highest BCUT2D eigenvalue weighted by atomic mass is 16.5. The normalized spacial score (nSPS) is 15.0. The topological polar surface area (TPSA) is 102 Å². The molecule has 1 aromatic carbocycles. The lowest BCUT2D eigenvalue weighted by Gasteiger charge is -2.26. The summed E-state index contributed by atoms with van der Waals surface area (Å²) in [5, 5.41) is 3.15. The van der Waals surface area contributed by atoms with E-state index in [1.807, 2.05) is 6.92 Å². The lowest BCUT2D eigenvalue weighted by atomic mass is 10.1. The van der Waals surface area contributed by atoms with Gasteiger partial charge in [0.05, 0.1) is 7.11 Å². The third kappa shape index (κ3) is 4.35. The number of nitrogens with zero attached hydrogens (tertiary/aromatic N) is 5. The van der Waals surface area contributed by atoms with Crippen molar-refractivity contribution < 1.29 is 9.53 Å². The van der Waals surface area contributed by atoms with E-state index in [4.69, 9.17) is 4.74 Å². The quantitative estimate of drug-likeness (QED) is 0.652. The molecule has 0 radical (unpaired) electrons. The highest BCUT2D eigenvalue weighted by Crippen LogP contribution is 2.20. The molecule has 0 bridgehead atoms. The summed E-state index contributed by atoms with van der Waals surface area (Å²) < 4.78 is 6.54. The molecule has 2 aromatic heterocycles. The maximum atomic E-state index is 13.1. The Bertz CT molecular complexity index is 1140. The number of amides is 1. The number of carbonyl (C=O) groups excluding carboxylic acids is 1. The first-order valence-electron chi connectivity index (χ1n) is 10.5. The Morgan fingerprint density at radius 2 is 2.03 bits per heavy atom. The van der Waals surface area contributed by atoms with Crippen molar-refractivity contribution in [2.45, 2.75) is 38.6 Å². The fraction of sp³-hybridized carbons (Fsp3) is 0.409. The molecule has 3 heterocycles. The van der Waals surface area contributed by atoms with E-state index in [2.05, 4.69) is 25.2 Å². The molecule has 0 aliphatic carbocycles. The van der Waals surface area contributed by atoms with Gasteiger partial charge in [-0.2, -0.15) is 4.98 Å². The largest absolute Gasteiger partial charge is 0.497 e. The van der Waals surface area contributed by atoms with E-state index in [1.165, 1.54) is 23.5 Å². The molecular formula is C22H26N6O3. The Morgan fingerprint density at radius 1 is 1.23 bits per heavy atom. The molecule has 1 fully saturated rings. The van der Waals surface area contributed by atoms with Gasteiger partial charge in [-0.3, -0.25) is 14.2 Å². The van der Waals surface area contributed by atoms with Crippen LogP contribution < -0.4 is 20.5 Å². The van der Waals surface area contributed by atoms with E-state index < -0.39 is 6.04 Å². The summed E-state index contributed by atoms with van der Waals surface area (Å²) in [6.07, 6.45) is 6.77. The van der Waals surface area contributed by atoms with Gasteiger partial charge in [0.2, 0.25) is 11.9 Å². The molecule has 0 spiro atoms. The van der Waals surface area contributed by atoms with Gasteiger partial charge in [-0.05, 0) is 37.8 Å². The zero-order valence-corrected chi connectivity index (χ0v) is 17.7. The lowest BCUT2D eigenvalue weighted by Crippen LogP contribution is -2.34. The van der Waals surface area contributed by atoms with Crippen LogP contribution in [0.15, 0.2) is 41.6 Å². The van der Waals surface area contributed by atoms with Crippen LogP contribution in [0.25, 0.3) is 11.0 Å². The van der Waals surface area contributed by atoms with Gasteiger partial charge in [0, 0.05) is 31.0 Å². The van der Waals surface area contributed by atoms with Gasteiger partial charge < -0.3 is 15.0 Å². The average Bonchev–Trinajstić information content (AvgIpc) is 2.81. The van der Waals surface area contributed by atoms with Crippen molar-refractivity contribution in [2.24, 2.45) is 0 Å². The number of methoxy groups -OCH3 is 1. The van der Waals surface area contributed by atoms with Crippen LogP contribution >= 0.6 is 0 Å². The van der Waals surface area contributed by atoms with E-state index in [1.54, 1.807) is 31.4 Å². The van der Waals surface area contributed by atoms with Crippen LogP contribution in [0, 0.1) is 0 Å². The molecule has 4 rings (SSSR count). The molecule has 1 aliphatic rings. The van der Waals surface area contributed by atoms with Gasteiger partial charge in [0.25, 0.3) is 5.56 Å². The number of ether oxygens (including phenoxy) is 1. The van der Waals surface area contributed by atoms with Crippen molar-refractivity contribution in [3.8, 4) is 5.75 Å². The fourth-order valence-electron chi connectivity index (χ4n) is 3.82. The van der Waals surface area contributed by atoms with Gasteiger partial charge >= 0.3 is 0 Å². The van der Waals surface area contributed by atoms with Crippen molar-refractivity contribution >= 4 is 28.6 Å². The van der Waals surface area contributed by atoms with Crippen molar-refractivity contribution in [1.82, 2.24) is 19.5 Å². The Hall–Kier alpha value is -3.49. The highest BCUT2D eigenvalue weighted by molar-refractivity contribution is 5.94. The average molecular weight is 422 g/mol. The summed E-state index contributed by atoms with van der Waals surface area (Å²) in [5.74, 6) is 0.932. The molecule has 1 amide bonds. The van der Waals surface area contributed by atoms with Crippen LogP contribution in [0.5, 0.6) is 5.75 Å². The summed E-state index contributed by atoms with van der Waals surface area (Å²) >= 11 is 0. The smallest absolute Gasteiger partial charge is 0.265 e. The summed E-state index contributed by atoms with van der Waals surface area (Å²) in [6, 6.07) is 6.36. The highest BCUT2D eigenvalue weighted by Gasteiger charge is 2.22. The molecule has 1 atom stereocenters. The van der Waals surface area contributed by atoms with Crippen molar-refractivity contribution in [1.29, 1.82) is 0 Å². The molecule has 31 heavy (non-hydrogen) atoms. The standard InChI is InChI=1S/C22H26N6O3/c1-3-18(20(29)25-15-8-7-9-16(12-15)31-2)28-14-24-19-17(21(28)30)13-23-22(26-19)27-10-5-4-6-11-27/h7-9,12-14,18H,3-6,10-11H2,1-2H3,(H,25,29). The van der Waals surface area contributed by atoms with E-state index >= 15 is 0 Å². The molecule has 1 saturated heterocycles. The van der Waals surface area contributed by atoms with Gasteiger partial charge in [-0.15, -0.1) is 0 Å². The van der Waals surface area contributed by atoms with Gasteiger partial charge in [-0.1, -0.05) is 13.0 Å². The minimum Gasteiger partial charge on any atom is -0.497 e. The molecule has 9 nitrogen and oxygen atoms in total. The second-order valence-electron chi connectivity index (χ2n) is 7.56. The van der Waals surface area contributed by atoms with Gasteiger partial charge in [0.15, 0.2) is 5.65 Å². The number of fused-ring (bicyclic) bond motifs is 1. The van der Waals surface area contributed by atoms with Gasteiger partial charge in [0.1, 0.15) is 23.5 Å². The molecule has 162 valence electrons. The number of aromatic nitrogens is 4. The lowest BCUT2D eigenvalue weighted by molar-refractivity contribution is -0.119. The predicted molar refractivity (Wildman–Crippen MR) is 119 cm³/mol. The minimum absolute atomic E-state index is 0.301. The maximum Gasteiger partial charge on any atom is 0.265 e. The molecule has 9 heteroatoms. The maximum absolute atomic E-state index is 13.1. The van der Waals surface area contributed by atoms with Crippen LogP contribution in [0.4, 0.5) is 11.6 Å². The minimum atomic E-state index is -0.711. The van der Waals surface area contributed by atoms with Crippen molar-refractivity contribution in [3.05, 3.63) is 47.1 Å². The summed E-state index contributed by atoms with van der Waals surface area (Å²) in [5.41, 5.74) is 0.613. The van der Waals surface area contributed by atoms with E-state index in [0.29, 0.717) is 34.8 Å². The summed E-state index contributed by atoms with van der Waals surface area (Å²) in [6.45, 7) is 3.66. The van der Waals surface area contributed by atoms with Crippen molar-refractivity contribution in [2.75, 3.05) is 30.4 Å². The number of rotatable bonds is 6. The van der Waals surface area contributed by atoms with Crippen LogP contribution in [-0.4, -0.2) is 45.6 Å².